The molecule has 0 bridgehead atoms. The Bertz CT molecular complexity index is 902. The van der Waals surface area contributed by atoms with E-state index >= 15 is 0 Å². The first kappa shape index (κ1) is 17.7. The molecule has 3 N–H and O–H groups in total. The van der Waals surface area contributed by atoms with Crippen LogP contribution in [0.1, 0.15) is 55.1 Å². The molecule has 4 nitrogen and oxygen atoms in total. The predicted octanol–water partition coefficient (Wildman–Crippen LogP) is 5.30. The van der Waals surface area contributed by atoms with E-state index < -0.39 is 0 Å². The van der Waals surface area contributed by atoms with E-state index in [9.17, 15) is 0 Å². The summed E-state index contributed by atoms with van der Waals surface area (Å²) in [5.41, 5.74) is 8.03. The Balaban J connectivity index is 1.37. The largest absolute Gasteiger partial charge is 0.384 e. The number of thiazole rings is 1. The minimum absolute atomic E-state index is 0.284. The molecule has 1 unspecified atom stereocenters. The van der Waals surface area contributed by atoms with Gasteiger partial charge in [0.25, 0.3) is 0 Å². The lowest BCUT2D eigenvalue weighted by Gasteiger charge is -2.30. The lowest BCUT2D eigenvalue weighted by Crippen LogP contribution is -2.34. The Kier molecular flexibility index (Phi) is 5.11. The van der Waals surface area contributed by atoms with Crippen molar-refractivity contribution in [2.75, 3.05) is 5.73 Å². The van der Waals surface area contributed by atoms with Crippen LogP contribution in [0.3, 0.4) is 0 Å². The molecule has 1 atom stereocenters. The molecule has 2 heterocycles. The average Bonchev–Trinajstić information content (AvgIpc) is 3.05. The molecule has 4 rings (SSSR count). The molecule has 26 heavy (non-hydrogen) atoms. The predicted molar refractivity (Wildman–Crippen MR) is 110 cm³/mol. The third-order valence-electron chi connectivity index (χ3n) is 5.23. The maximum absolute atomic E-state index is 6.09. The van der Waals surface area contributed by atoms with Crippen LogP contribution < -0.4 is 11.1 Å². The highest BCUT2D eigenvalue weighted by Crippen LogP contribution is 2.38. The van der Waals surface area contributed by atoms with E-state index in [1.54, 1.807) is 6.20 Å². The molecule has 0 aliphatic heterocycles. The summed E-state index contributed by atoms with van der Waals surface area (Å²) in [6.07, 6.45) is 6.48. The van der Waals surface area contributed by atoms with Gasteiger partial charge in [0.2, 0.25) is 0 Å². The van der Waals surface area contributed by atoms with Gasteiger partial charge < -0.3 is 11.1 Å². The number of fused-ring (bicyclic) bond motifs is 1. The van der Waals surface area contributed by atoms with Gasteiger partial charge in [0.15, 0.2) is 0 Å². The van der Waals surface area contributed by atoms with Crippen molar-refractivity contribution in [3.8, 4) is 0 Å². The average molecular weight is 387 g/mol. The number of benzene rings is 1. The zero-order chi connectivity index (χ0) is 18.1. The van der Waals surface area contributed by atoms with E-state index in [2.05, 4.69) is 23.3 Å². The number of hydrogen-bond donors (Lipinski definition) is 2. The third-order valence-corrected chi connectivity index (χ3v) is 6.67. The number of nitrogens with one attached hydrogen (secondary N) is 1. The second-order valence-corrected chi connectivity index (χ2v) is 8.61. The quantitative estimate of drug-likeness (QED) is 0.638. The fourth-order valence-corrected chi connectivity index (χ4v) is 5.07. The van der Waals surface area contributed by atoms with Crippen molar-refractivity contribution in [2.24, 2.45) is 0 Å². The van der Waals surface area contributed by atoms with Gasteiger partial charge in [-0.15, -0.1) is 11.3 Å². The van der Waals surface area contributed by atoms with Crippen LogP contribution >= 0.6 is 22.9 Å². The number of nitrogens with zero attached hydrogens (tertiary/aromatic N) is 2. The highest BCUT2D eigenvalue weighted by Gasteiger charge is 2.25. The normalized spacial score (nSPS) is 21.8. The first-order valence-corrected chi connectivity index (χ1v) is 10.3. The third kappa shape index (κ3) is 3.85. The van der Waals surface area contributed by atoms with Crippen molar-refractivity contribution in [3.63, 3.8) is 0 Å². The molecule has 3 aromatic rings. The highest BCUT2D eigenvalue weighted by molar-refractivity contribution is 7.18. The molecule has 0 saturated heterocycles. The van der Waals surface area contributed by atoms with E-state index in [1.165, 1.54) is 41.0 Å². The number of hydrogen-bond acceptors (Lipinski definition) is 5. The number of aromatic nitrogens is 2. The van der Waals surface area contributed by atoms with Crippen LogP contribution in [0.25, 0.3) is 10.2 Å². The van der Waals surface area contributed by atoms with Gasteiger partial charge in [-0.05, 0) is 68.5 Å². The summed E-state index contributed by atoms with van der Waals surface area (Å²) in [7, 11) is 0. The number of pyridine rings is 1. The van der Waals surface area contributed by atoms with Crippen LogP contribution in [0.2, 0.25) is 5.02 Å². The molecule has 0 amide bonds. The van der Waals surface area contributed by atoms with Crippen molar-refractivity contribution < 1.29 is 0 Å². The standard InChI is InChI=1S/C20H23ClN4S/c1-12(14-8-9-23-19(22)10-14)24-16-5-2-13(3-6-16)20-25-17-11-15(21)4-7-18(17)26-20/h4,7-13,16,24H,2-3,5-6H2,1H3,(H2,22,23). The second-order valence-electron chi connectivity index (χ2n) is 7.12. The van der Waals surface area contributed by atoms with Crippen LogP contribution in [-0.4, -0.2) is 16.0 Å². The molecule has 1 fully saturated rings. The topological polar surface area (TPSA) is 63.8 Å². The smallest absolute Gasteiger partial charge is 0.123 e. The van der Waals surface area contributed by atoms with Crippen LogP contribution in [0.4, 0.5) is 5.82 Å². The van der Waals surface area contributed by atoms with E-state index in [1.807, 2.05) is 35.6 Å². The van der Waals surface area contributed by atoms with Gasteiger partial charge in [-0.2, -0.15) is 0 Å². The minimum Gasteiger partial charge on any atom is -0.384 e. The molecule has 6 heteroatoms. The Labute approximate surface area is 162 Å². The van der Waals surface area contributed by atoms with Crippen molar-refractivity contribution in [1.29, 1.82) is 0 Å². The second kappa shape index (κ2) is 7.51. The molecule has 2 aromatic heterocycles. The van der Waals surface area contributed by atoms with E-state index in [-0.39, 0.29) is 6.04 Å². The van der Waals surface area contributed by atoms with Gasteiger partial charge in [0.1, 0.15) is 5.82 Å². The fourth-order valence-electron chi connectivity index (χ4n) is 3.78. The fraction of sp³-hybridized carbons (Fsp3) is 0.400. The highest BCUT2D eigenvalue weighted by atomic mass is 35.5. The number of halogens is 1. The summed E-state index contributed by atoms with van der Waals surface area (Å²) in [6, 6.07) is 10.8. The van der Waals surface area contributed by atoms with E-state index in [4.69, 9.17) is 22.3 Å². The number of rotatable bonds is 4. The van der Waals surface area contributed by atoms with Crippen molar-refractivity contribution in [1.82, 2.24) is 15.3 Å². The summed E-state index contributed by atoms with van der Waals surface area (Å²) in [5.74, 6) is 1.15. The van der Waals surface area contributed by atoms with Crippen molar-refractivity contribution in [3.05, 3.63) is 52.1 Å². The Morgan fingerprint density at radius 3 is 2.77 bits per heavy atom. The first-order chi connectivity index (χ1) is 12.6. The summed E-state index contributed by atoms with van der Waals surface area (Å²) in [5, 5.41) is 5.77. The Morgan fingerprint density at radius 2 is 2.00 bits per heavy atom. The van der Waals surface area contributed by atoms with E-state index in [0.717, 1.165) is 10.5 Å². The summed E-state index contributed by atoms with van der Waals surface area (Å²) in [4.78, 5) is 8.91. The molecule has 136 valence electrons. The lowest BCUT2D eigenvalue weighted by atomic mass is 9.86. The molecule has 0 spiro atoms. The van der Waals surface area contributed by atoms with Crippen molar-refractivity contribution >= 4 is 39.0 Å². The van der Waals surface area contributed by atoms with Crippen LogP contribution in [0.5, 0.6) is 0 Å². The molecule has 1 aliphatic carbocycles. The van der Waals surface area contributed by atoms with Gasteiger partial charge in [-0.3, -0.25) is 0 Å². The molecule has 1 aromatic carbocycles. The lowest BCUT2D eigenvalue weighted by molar-refractivity contribution is 0.321. The summed E-state index contributed by atoms with van der Waals surface area (Å²) < 4.78 is 1.23. The zero-order valence-corrected chi connectivity index (χ0v) is 16.4. The monoisotopic (exact) mass is 386 g/mol. The summed E-state index contributed by atoms with van der Waals surface area (Å²) in [6.45, 7) is 2.19. The number of nitrogens with two attached hydrogens (primary N) is 1. The molecule has 1 saturated carbocycles. The Hall–Kier alpha value is -1.69. The van der Waals surface area contributed by atoms with Crippen LogP contribution in [-0.2, 0) is 0 Å². The van der Waals surface area contributed by atoms with Gasteiger partial charge >= 0.3 is 0 Å². The maximum Gasteiger partial charge on any atom is 0.123 e. The van der Waals surface area contributed by atoms with Gasteiger partial charge in [-0.25, -0.2) is 9.97 Å². The number of anilines is 1. The molecule has 0 radical (unpaired) electrons. The van der Waals surface area contributed by atoms with Crippen LogP contribution in [0, 0.1) is 0 Å². The SMILES string of the molecule is CC(NC1CCC(c2nc3cc(Cl)ccc3s2)CC1)c1ccnc(N)c1. The molecular weight excluding hydrogens is 364 g/mol. The minimum atomic E-state index is 0.284. The summed E-state index contributed by atoms with van der Waals surface area (Å²) >= 11 is 7.90. The first-order valence-electron chi connectivity index (χ1n) is 9.12. The zero-order valence-electron chi connectivity index (χ0n) is 14.8. The number of nitrogen functional groups attached to an aromatic ring is 1. The molecular formula is C20H23ClN4S. The van der Waals surface area contributed by atoms with Gasteiger partial charge in [0, 0.05) is 29.2 Å². The van der Waals surface area contributed by atoms with Crippen LogP contribution in [0.15, 0.2) is 36.5 Å². The van der Waals surface area contributed by atoms with E-state index in [0.29, 0.717) is 17.8 Å². The van der Waals surface area contributed by atoms with Gasteiger partial charge in [-0.1, -0.05) is 11.6 Å². The molecule has 1 aliphatic rings. The van der Waals surface area contributed by atoms with Crippen molar-refractivity contribution in [2.45, 2.75) is 50.6 Å². The van der Waals surface area contributed by atoms with Gasteiger partial charge in [0.05, 0.1) is 15.2 Å². The maximum atomic E-state index is 6.09. The Morgan fingerprint density at radius 1 is 1.19 bits per heavy atom.